The number of hydrogen-bond acceptors (Lipinski definition) is 4. The van der Waals surface area contributed by atoms with Gasteiger partial charge in [0.15, 0.2) is 0 Å². The van der Waals surface area contributed by atoms with Gasteiger partial charge in [0.05, 0.1) is 0 Å². The molecule has 0 spiro atoms. The highest BCUT2D eigenvalue weighted by Gasteiger charge is 2.13. The third-order valence-corrected chi connectivity index (χ3v) is 3.21. The Morgan fingerprint density at radius 1 is 1.47 bits per heavy atom. The second kappa shape index (κ2) is 5.96. The van der Waals surface area contributed by atoms with Gasteiger partial charge in [-0.15, -0.1) is 0 Å². The Morgan fingerprint density at radius 3 is 3.06 bits per heavy atom. The summed E-state index contributed by atoms with van der Waals surface area (Å²) < 4.78 is 0. The first kappa shape index (κ1) is 12.3. The van der Waals surface area contributed by atoms with E-state index in [0.29, 0.717) is 6.04 Å². The van der Waals surface area contributed by atoms with Crippen molar-refractivity contribution in [2.75, 3.05) is 18.4 Å². The maximum Gasteiger partial charge on any atom is 0.129 e. The minimum atomic E-state index is 0.691. The molecule has 1 aromatic heterocycles. The maximum atomic E-state index is 4.40. The molecule has 0 aliphatic carbocycles. The molecular formula is C13H22N4. The van der Waals surface area contributed by atoms with Crippen molar-refractivity contribution in [1.82, 2.24) is 15.3 Å². The van der Waals surface area contributed by atoms with Crippen LogP contribution in [0, 0.1) is 6.92 Å². The number of rotatable bonds is 5. The van der Waals surface area contributed by atoms with E-state index in [1.54, 1.807) is 0 Å². The molecule has 2 heterocycles. The van der Waals surface area contributed by atoms with Gasteiger partial charge in [0, 0.05) is 24.3 Å². The predicted octanol–water partition coefficient (Wildman–Crippen LogP) is 1.90. The molecule has 4 nitrogen and oxygen atoms in total. The second-order valence-corrected chi connectivity index (χ2v) is 4.65. The SMILES string of the molecule is CCc1cc(NCC[C@@H]2CCCN2)nc(C)n1. The molecule has 1 saturated heterocycles. The van der Waals surface area contributed by atoms with E-state index in [0.717, 1.165) is 30.3 Å². The van der Waals surface area contributed by atoms with Gasteiger partial charge in [-0.1, -0.05) is 6.92 Å². The molecule has 1 aliphatic rings. The highest BCUT2D eigenvalue weighted by atomic mass is 15.0. The summed E-state index contributed by atoms with van der Waals surface area (Å²) >= 11 is 0. The van der Waals surface area contributed by atoms with Crippen molar-refractivity contribution < 1.29 is 0 Å². The smallest absolute Gasteiger partial charge is 0.129 e. The van der Waals surface area contributed by atoms with Crippen LogP contribution in [0.4, 0.5) is 5.82 Å². The first-order chi connectivity index (χ1) is 8.28. The largest absolute Gasteiger partial charge is 0.370 e. The molecule has 1 aliphatic heterocycles. The number of aromatic nitrogens is 2. The fourth-order valence-electron chi connectivity index (χ4n) is 2.28. The van der Waals surface area contributed by atoms with Crippen LogP contribution in [0.15, 0.2) is 6.07 Å². The van der Waals surface area contributed by atoms with Gasteiger partial charge in [-0.25, -0.2) is 9.97 Å². The number of nitrogens with zero attached hydrogens (tertiary/aromatic N) is 2. The van der Waals surface area contributed by atoms with Crippen molar-refractivity contribution in [3.63, 3.8) is 0 Å². The predicted molar refractivity (Wildman–Crippen MR) is 70.3 cm³/mol. The zero-order valence-electron chi connectivity index (χ0n) is 10.8. The van der Waals surface area contributed by atoms with Crippen molar-refractivity contribution >= 4 is 5.82 Å². The van der Waals surface area contributed by atoms with Crippen LogP contribution in [0.2, 0.25) is 0 Å². The van der Waals surface area contributed by atoms with E-state index in [9.17, 15) is 0 Å². The van der Waals surface area contributed by atoms with Crippen molar-refractivity contribution in [2.24, 2.45) is 0 Å². The van der Waals surface area contributed by atoms with Crippen LogP contribution in [0.3, 0.4) is 0 Å². The van der Waals surface area contributed by atoms with Crippen molar-refractivity contribution in [3.8, 4) is 0 Å². The lowest BCUT2D eigenvalue weighted by Gasteiger charge is -2.11. The summed E-state index contributed by atoms with van der Waals surface area (Å²) in [5.74, 6) is 1.82. The Labute approximate surface area is 103 Å². The van der Waals surface area contributed by atoms with Gasteiger partial charge in [-0.3, -0.25) is 0 Å². The molecule has 2 N–H and O–H groups in total. The van der Waals surface area contributed by atoms with Crippen molar-refractivity contribution in [2.45, 2.75) is 45.6 Å². The summed E-state index contributed by atoms with van der Waals surface area (Å²) in [7, 11) is 0. The third-order valence-electron chi connectivity index (χ3n) is 3.21. The highest BCUT2D eigenvalue weighted by molar-refractivity contribution is 5.35. The summed E-state index contributed by atoms with van der Waals surface area (Å²) in [5, 5.41) is 6.90. The quantitative estimate of drug-likeness (QED) is 0.817. The lowest BCUT2D eigenvalue weighted by Crippen LogP contribution is -2.24. The van der Waals surface area contributed by atoms with Crippen LogP contribution < -0.4 is 10.6 Å². The van der Waals surface area contributed by atoms with E-state index in [1.165, 1.54) is 25.8 Å². The summed E-state index contributed by atoms with van der Waals surface area (Å²) in [6.07, 6.45) is 4.76. The molecule has 1 fully saturated rings. The highest BCUT2D eigenvalue weighted by Crippen LogP contribution is 2.10. The summed E-state index contributed by atoms with van der Waals surface area (Å²) in [5.41, 5.74) is 1.11. The van der Waals surface area contributed by atoms with Crippen LogP contribution in [0.5, 0.6) is 0 Å². The molecular weight excluding hydrogens is 212 g/mol. The lowest BCUT2D eigenvalue weighted by molar-refractivity contribution is 0.574. The zero-order valence-corrected chi connectivity index (χ0v) is 10.8. The minimum Gasteiger partial charge on any atom is -0.370 e. The minimum absolute atomic E-state index is 0.691. The normalized spacial score (nSPS) is 19.5. The second-order valence-electron chi connectivity index (χ2n) is 4.65. The molecule has 0 saturated carbocycles. The number of nitrogens with one attached hydrogen (secondary N) is 2. The molecule has 4 heteroatoms. The van der Waals surface area contributed by atoms with Crippen molar-refractivity contribution in [1.29, 1.82) is 0 Å². The van der Waals surface area contributed by atoms with E-state index < -0.39 is 0 Å². The zero-order chi connectivity index (χ0) is 12.1. The molecule has 0 aromatic carbocycles. The molecule has 17 heavy (non-hydrogen) atoms. The first-order valence-electron chi connectivity index (χ1n) is 6.59. The van der Waals surface area contributed by atoms with Crippen LogP contribution >= 0.6 is 0 Å². The average molecular weight is 234 g/mol. The summed E-state index contributed by atoms with van der Waals surface area (Å²) in [6.45, 7) is 6.23. The fourth-order valence-corrected chi connectivity index (χ4v) is 2.28. The standard InChI is InChI=1S/C13H22N4/c1-3-11-9-13(17-10(2)16-11)15-8-6-12-5-4-7-14-12/h9,12,14H,3-8H2,1-2H3,(H,15,16,17)/t12-/m0/s1. The molecule has 0 radical (unpaired) electrons. The van der Waals surface area contributed by atoms with Gasteiger partial charge < -0.3 is 10.6 Å². The Balaban J connectivity index is 1.83. The topological polar surface area (TPSA) is 49.8 Å². The Bertz CT molecular complexity index is 358. The molecule has 1 atom stereocenters. The van der Waals surface area contributed by atoms with Crippen LogP contribution in [0.1, 0.15) is 37.7 Å². The number of aryl methyl sites for hydroxylation is 2. The lowest BCUT2D eigenvalue weighted by atomic mass is 10.1. The van der Waals surface area contributed by atoms with Crippen LogP contribution in [0.25, 0.3) is 0 Å². The van der Waals surface area contributed by atoms with Gasteiger partial charge in [0.1, 0.15) is 11.6 Å². The van der Waals surface area contributed by atoms with Crippen molar-refractivity contribution in [3.05, 3.63) is 17.6 Å². The Kier molecular flexibility index (Phi) is 4.31. The van der Waals surface area contributed by atoms with E-state index >= 15 is 0 Å². The monoisotopic (exact) mass is 234 g/mol. The summed E-state index contributed by atoms with van der Waals surface area (Å²) in [4.78, 5) is 8.78. The number of anilines is 1. The molecule has 0 bridgehead atoms. The molecule has 94 valence electrons. The summed E-state index contributed by atoms with van der Waals surface area (Å²) in [6, 6.07) is 2.74. The fraction of sp³-hybridized carbons (Fsp3) is 0.692. The van der Waals surface area contributed by atoms with E-state index in [4.69, 9.17) is 0 Å². The van der Waals surface area contributed by atoms with Gasteiger partial charge in [0.2, 0.25) is 0 Å². The van der Waals surface area contributed by atoms with Crippen LogP contribution in [-0.4, -0.2) is 29.1 Å². The first-order valence-corrected chi connectivity index (χ1v) is 6.59. The third kappa shape index (κ3) is 3.66. The average Bonchev–Trinajstić information content (AvgIpc) is 2.81. The van der Waals surface area contributed by atoms with Crippen LogP contribution in [-0.2, 0) is 6.42 Å². The van der Waals surface area contributed by atoms with Gasteiger partial charge in [-0.05, 0) is 39.2 Å². The van der Waals surface area contributed by atoms with E-state index in [1.807, 2.05) is 6.92 Å². The molecule has 1 aromatic rings. The van der Waals surface area contributed by atoms with Gasteiger partial charge >= 0.3 is 0 Å². The molecule has 0 unspecified atom stereocenters. The molecule has 0 amide bonds. The van der Waals surface area contributed by atoms with E-state index in [-0.39, 0.29) is 0 Å². The van der Waals surface area contributed by atoms with E-state index in [2.05, 4.69) is 33.6 Å². The van der Waals surface area contributed by atoms with Gasteiger partial charge in [-0.2, -0.15) is 0 Å². The Morgan fingerprint density at radius 2 is 2.35 bits per heavy atom. The maximum absolute atomic E-state index is 4.40. The number of hydrogen-bond donors (Lipinski definition) is 2. The molecule has 2 rings (SSSR count). The van der Waals surface area contributed by atoms with Gasteiger partial charge in [0.25, 0.3) is 0 Å². The Hall–Kier alpha value is -1.16.